The average Bonchev–Trinajstić information content (AvgIpc) is 3.10. The summed E-state index contributed by atoms with van der Waals surface area (Å²) in [4.78, 5) is 25.5. The molecule has 1 aliphatic heterocycles. The monoisotopic (exact) mass is 359 g/mol. The zero-order chi connectivity index (χ0) is 17.5. The number of para-hydroxylation sites is 2. The summed E-state index contributed by atoms with van der Waals surface area (Å²) < 4.78 is 5.36. The standard InChI is InChI=1S/C18H21N3O3S/c22-17(10-13-12-24-8-7-19-13)20-15-5-1-2-6-16(15)21-18(23)11-14-4-3-9-25-14/h1-6,9,13,19H,7-8,10-12H2,(H,20,22)(H,21,23). The van der Waals surface area contributed by atoms with E-state index in [9.17, 15) is 9.59 Å². The van der Waals surface area contributed by atoms with Crippen molar-refractivity contribution in [1.82, 2.24) is 5.32 Å². The molecule has 1 unspecified atom stereocenters. The van der Waals surface area contributed by atoms with Gasteiger partial charge in [0.1, 0.15) is 0 Å². The lowest BCUT2D eigenvalue weighted by atomic mass is 10.2. The van der Waals surface area contributed by atoms with Gasteiger partial charge in [-0.25, -0.2) is 0 Å². The molecule has 132 valence electrons. The Hall–Kier alpha value is -2.22. The number of rotatable bonds is 6. The first-order chi connectivity index (χ1) is 12.2. The van der Waals surface area contributed by atoms with E-state index >= 15 is 0 Å². The Balaban J connectivity index is 1.58. The molecular weight excluding hydrogens is 338 g/mol. The van der Waals surface area contributed by atoms with Gasteiger partial charge in [0.05, 0.1) is 31.0 Å². The molecule has 0 aliphatic carbocycles. The van der Waals surface area contributed by atoms with Crippen molar-refractivity contribution in [1.29, 1.82) is 0 Å². The number of ether oxygens (including phenoxy) is 1. The van der Waals surface area contributed by atoms with Crippen LogP contribution in [0.2, 0.25) is 0 Å². The van der Waals surface area contributed by atoms with E-state index in [2.05, 4.69) is 16.0 Å². The highest BCUT2D eigenvalue weighted by Gasteiger charge is 2.18. The molecule has 0 saturated carbocycles. The highest BCUT2D eigenvalue weighted by Crippen LogP contribution is 2.22. The SMILES string of the molecule is O=C(Cc1cccs1)Nc1ccccc1NC(=O)CC1COCCN1. The van der Waals surface area contributed by atoms with E-state index in [1.807, 2.05) is 29.6 Å². The van der Waals surface area contributed by atoms with Gasteiger partial charge in [0.2, 0.25) is 11.8 Å². The molecule has 1 saturated heterocycles. The Bertz CT molecular complexity index is 712. The molecule has 0 bridgehead atoms. The molecule has 2 amide bonds. The topological polar surface area (TPSA) is 79.5 Å². The van der Waals surface area contributed by atoms with Gasteiger partial charge in [-0.1, -0.05) is 18.2 Å². The smallest absolute Gasteiger partial charge is 0.229 e. The maximum atomic E-state index is 12.3. The van der Waals surface area contributed by atoms with Crippen LogP contribution in [0.5, 0.6) is 0 Å². The predicted molar refractivity (Wildman–Crippen MR) is 99.0 cm³/mol. The molecule has 0 radical (unpaired) electrons. The predicted octanol–water partition coefficient (Wildman–Crippen LogP) is 2.25. The first kappa shape index (κ1) is 17.6. The molecule has 7 heteroatoms. The normalized spacial score (nSPS) is 17.0. The van der Waals surface area contributed by atoms with Crippen molar-refractivity contribution in [2.24, 2.45) is 0 Å². The fraction of sp³-hybridized carbons (Fsp3) is 0.333. The van der Waals surface area contributed by atoms with Crippen LogP contribution in [0.15, 0.2) is 41.8 Å². The van der Waals surface area contributed by atoms with E-state index in [4.69, 9.17) is 4.74 Å². The van der Waals surface area contributed by atoms with Crippen molar-refractivity contribution < 1.29 is 14.3 Å². The quantitative estimate of drug-likeness (QED) is 0.739. The molecule has 1 aromatic carbocycles. The number of carbonyl (C=O) groups excluding carboxylic acids is 2. The van der Waals surface area contributed by atoms with E-state index < -0.39 is 0 Å². The number of anilines is 2. The molecule has 3 N–H and O–H groups in total. The minimum absolute atomic E-state index is 0.0225. The number of morpholine rings is 1. The lowest BCUT2D eigenvalue weighted by Gasteiger charge is -2.23. The van der Waals surface area contributed by atoms with E-state index in [0.29, 0.717) is 37.4 Å². The van der Waals surface area contributed by atoms with Crippen LogP contribution in [0.1, 0.15) is 11.3 Å². The molecule has 2 heterocycles. The Kier molecular flexibility index (Phi) is 6.16. The van der Waals surface area contributed by atoms with E-state index in [1.165, 1.54) is 0 Å². The summed E-state index contributed by atoms with van der Waals surface area (Å²) in [6, 6.07) is 11.1. The summed E-state index contributed by atoms with van der Waals surface area (Å²) in [5.41, 5.74) is 1.20. The minimum Gasteiger partial charge on any atom is -0.378 e. The van der Waals surface area contributed by atoms with Gasteiger partial charge in [0.15, 0.2) is 0 Å². The molecule has 1 aliphatic rings. The summed E-state index contributed by atoms with van der Waals surface area (Å²) in [6.45, 7) is 1.97. The van der Waals surface area contributed by atoms with Crippen molar-refractivity contribution in [3.8, 4) is 0 Å². The highest BCUT2D eigenvalue weighted by molar-refractivity contribution is 7.10. The van der Waals surface area contributed by atoms with E-state index in [-0.39, 0.29) is 17.9 Å². The first-order valence-corrected chi connectivity index (χ1v) is 9.11. The van der Waals surface area contributed by atoms with Crippen LogP contribution in [0.3, 0.4) is 0 Å². The van der Waals surface area contributed by atoms with Crippen LogP contribution >= 0.6 is 11.3 Å². The van der Waals surface area contributed by atoms with Crippen molar-refractivity contribution >= 4 is 34.5 Å². The second-order valence-corrected chi connectivity index (χ2v) is 6.86. The van der Waals surface area contributed by atoms with Gasteiger partial charge >= 0.3 is 0 Å². The lowest BCUT2D eigenvalue weighted by Crippen LogP contribution is -2.43. The van der Waals surface area contributed by atoms with Crippen LogP contribution in [-0.2, 0) is 20.7 Å². The molecular formula is C18H21N3O3S. The van der Waals surface area contributed by atoms with Gasteiger partial charge in [-0.05, 0) is 23.6 Å². The Morgan fingerprint density at radius 2 is 1.88 bits per heavy atom. The van der Waals surface area contributed by atoms with Gasteiger partial charge in [-0.15, -0.1) is 11.3 Å². The maximum absolute atomic E-state index is 12.3. The third-order valence-electron chi connectivity index (χ3n) is 3.82. The molecule has 2 aromatic rings. The van der Waals surface area contributed by atoms with Gasteiger partial charge < -0.3 is 20.7 Å². The molecule has 1 fully saturated rings. The van der Waals surface area contributed by atoms with Crippen LogP contribution in [0.4, 0.5) is 11.4 Å². The molecule has 0 spiro atoms. The molecule has 6 nitrogen and oxygen atoms in total. The summed E-state index contributed by atoms with van der Waals surface area (Å²) >= 11 is 1.55. The second-order valence-electron chi connectivity index (χ2n) is 5.83. The third kappa shape index (κ3) is 5.38. The van der Waals surface area contributed by atoms with Crippen LogP contribution in [-0.4, -0.2) is 37.6 Å². The fourth-order valence-electron chi connectivity index (χ4n) is 2.64. The lowest BCUT2D eigenvalue weighted by molar-refractivity contribution is -0.117. The summed E-state index contributed by atoms with van der Waals surface area (Å²) in [6.07, 6.45) is 0.654. The zero-order valence-corrected chi connectivity index (χ0v) is 14.6. The number of amides is 2. The van der Waals surface area contributed by atoms with Crippen molar-refractivity contribution in [3.63, 3.8) is 0 Å². The van der Waals surface area contributed by atoms with Gasteiger partial charge in [-0.2, -0.15) is 0 Å². The number of benzene rings is 1. The summed E-state index contributed by atoms with van der Waals surface area (Å²) in [5.74, 6) is -0.213. The molecule has 25 heavy (non-hydrogen) atoms. The number of hydrogen-bond donors (Lipinski definition) is 3. The Labute approximate surface area is 150 Å². The molecule has 3 rings (SSSR count). The largest absolute Gasteiger partial charge is 0.378 e. The molecule has 1 atom stereocenters. The Morgan fingerprint density at radius 1 is 1.12 bits per heavy atom. The number of hydrogen-bond acceptors (Lipinski definition) is 5. The van der Waals surface area contributed by atoms with Crippen molar-refractivity contribution in [2.75, 3.05) is 30.4 Å². The number of nitrogens with one attached hydrogen (secondary N) is 3. The van der Waals surface area contributed by atoms with E-state index in [0.717, 1.165) is 11.4 Å². The van der Waals surface area contributed by atoms with Crippen LogP contribution in [0.25, 0.3) is 0 Å². The maximum Gasteiger partial charge on any atom is 0.229 e. The van der Waals surface area contributed by atoms with Gasteiger partial charge in [-0.3, -0.25) is 9.59 Å². The average molecular weight is 359 g/mol. The Morgan fingerprint density at radius 3 is 2.52 bits per heavy atom. The van der Waals surface area contributed by atoms with E-state index in [1.54, 1.807) is 23.5 Å². The summed E-state index contributed by atoms with van der Waals surface area (Å²) in [7, 11) is 0. The van der Waals surface area contributed by atoms with Crippen LogP contribution in [0, 0.1) is 0 Å². The second kappa shape index (κ2) is 8.75. The van der Waals surface area contributed by atoms with Crippen molar-refractivity contribution in [3.05, 3.63) is 46.7 Å². The fourth-order valence-corrected chi connectivity index (χ4v) is 3.35. The third-order valence-corrected chi connectivity index (χ3v) is 4.70. The van der Waals surface area contributed by atoms with Gasteiger partial charge in [0.25, 0.3) is 0 Å². The highest BCUT2D eigenvalue weighted by atomic mass is 32.1. The van der Waals surface area contributed by atoms with Crippen molar-refractivity contribution in [2.45, 2.75) is 18.9 Å². The number of carbonyl (C=O) groups is 2. The zero-order valence-electron chi connectivity index (χ0n) is 13.8. The first-order valence-electron chi connectivity index (χ1n) is 8.23. The minimum atomic E-state index is -0.108. The molecule has 1 aromatic heterocycles. The number of thiophene rings is 1. The summed E-state index contributed by atoms with van der Waals surface area (Å²) in [5, 5.41) is 10.9. The van der Waals surface area contributed by atoms with Gasteiger partial charge in [0, 0.05) is 23.9 Å². The van der Waals surface area contributed by atoms with Crippen LogP contribution < -0.4 is 16.0 Å².